The third-order valence-corrected chi connectivity index (χ3v) is 3.90. The van der Waals surface area contributed by atoms with Crippen LogP contribution < -0.4 is 10.6 Å². The van der Waals surface area contributed by atoms with E-state index in [0.29, 0.717) is 11.0 Å². The van der Waals surface area contributed by atoms with E-state index in [1.165, 1.54) is 6.07 Å². The largest absolute Gasteiger partial charge is 0.449 e. The van der Waals surface area contributed by atoms with Gasteiger partial charge in [-0.15, -0.1) is 0 Å². The minimum atomic E-state index is -1.08. The average Bonchev–Trinajstić information content (AvgIpc) is 2.96. The summed E-state index contributed by atoms with van der Waals surface area (Å²) in [6.45, 7) is 5.23. The Morgan fingerprint density at radius 2 is 1.67 bits per heavy atom. The van der Waals surface area contributed by atoms with Gasteiger partial charge in [-0.2, -0.15) is 0 Å². The molecule has 2 amide bonds. The van der Waals surface area contributed by atoms with Crippen molar-refractivity contribution in [3.63, 3.8) is 0 Å². The Morgan fingerprint density at radius 3 is 2.33 bits per heavy atom. The van der Waals surface area contributed by atoms with Crippen molar-refractivity contribution < 1.29 is 22.8 Å². The first-order valence-corrected chi connectivity index (χ1v) is 8.26. The van der Waals surface area contributed by atoms with Gasteiger partial charge in [-0.3, -0.25) is 9.59 Å². The molecule has 0 radical (unpaired) electrons. The average molecular weight is 372 g/mol. The van der Waals surface area contributed by atoms with E-state index < -0.39 is 23.0 Å². The summed E-state index contributed by atoms with van der Waals surface area (Å²) < 4.78 is 32.0. The van der Waals surface area contributed by atoms with Crippen molar-refractivity contribution in [3.05, 3.63) is 59.9 Å². The fourth-order valence-electron chi connectivity index (χ4n) is 2.39. The molecule has 0 bridgehead atoms. The Kier molecular flexibility index (Phi) is 4.70. The molecule has 0 aliphatic rings. The molecule has 0 aliphatic heterocycles. The van der Waals surface area contributed by atoms with E-state index in [1.54, 1.807) is 45.0 Å². The lowest BCUT2D eigenvalue weighted by atomic mass is 9.95. The van der Waals surface area contributed by atoms with Gasteiger partial charge >= 0.3 is 0 Å². The lowest BCUT2D eigenvalue weighted by Gasteiger charge is -2.17. The first kappa shape index (κ1) is 18.6. The van der Waals surface area contributed by atoms with E-state index in [9.17, 15) is 18.4 Å². The number of carbonyl (C=O) groups is 2. The second kappa shape index (κ2) is 6.83. The lowest BCUT2D eigenvalue weighted by Crippen LogP contribution is -2.28. The second-order valence-electron chi connectivity index (χ2n) is 7.09. The minimum Gasteiger partial charge on any atom is -0.449 e. The van der Waals surface area contributed by atoms with Crippen LogP contribution in [0.25, 0.3) is 11.0 Å². The van der Waals surface area contributed by atoms with Crippen molar-refractivity contribution in [2.75, 3.05) is 10.6 Å². The van der Waals surface area contributed by atoms with Crippen LogP contribution in [0.5, 0.6) is 0 Å². The third-order valence-electron chi connectivity index (χ3n) is 3.90. The van der Waals surface area contributed by atoms with E-state index in [1.807, 2.05) is 0 Å². The molecule has 0 saturated heterocycles. The third kappa shape index (κ3) is 3.81. The van der Waals surface area contributed by atoms with Crippen LogP contribution in [0.4, 0.5) is 20.2 Å². The molecule has 5 nitrogen and oxygen atoms in total. The molecule has 0 saturated carbocycles. The Balaban J connectivity index is 1.99. The molecule has 0 aliphatic carbocycles. The van der Waals surface area contributed by atoms with Crippen LogP contribution in [-0.4, -0.2) is 11.8 Å². The van der Waals surface area contributed by atoms with Gasteiger partial charge in [0.05, 0.1) is 0 Å². The number of nitrogens with one attached hydrogen (secondary N) is 2. The van der Waals surface area contributed by atoms with Crippen molar-refractivity contribution >= 4 is 34.2 Å². The molecule has 0 atom stereocenters. The molecule has 0 fully saturated rings. The molecule has 3 rings (SSSR count). The van der Waals surface area contributed by atoms with Crippen molar-refractivity contribution in [3.8, 4) is 0 Å². The van der Waals surface area contributed by atoms with E-state index in [4.69, 9.17) is 4.42 Å². The Morgan fingerprint density at radius 1 is 0.963 bits per heavy atom. The Hall–Kier alpha value is -3.22. The van der Waals surface area contributed by atoms with Crippen LogP contribution in [0.15, 0.2) is 46.9 Å². The van der Waals surface area contributed by atoms with Crippen molar-refractivity contribution in [2.45, 2.75) is 20.8 Å². The highest BCUT2D eigenvalue weighted by Gasteiger charge is 2.27. The normalized spacial score (nSPS) is 11.4. The van der Waals surface area contributed by atoms with E-state index >= 15 is 0 Å². The lowest BCUT2D eigenvalue weighted by molar-refractivity contribution is -0.123. The van der Waals surface area contributed by atoms with E-state index in [-0.39, 0.29) is 23.0 Å². The number of halogens is 2. The summed E-state index contributed by atoms with van der Waals surface area (Å²) in [5.41, 5.74) is 0.0156. The zero-order chi connectivity index (χ0) is 19.8. The number of fused-ring (bicyclic) bond motifs is 1. The molecule has 7 heteroatoms. The Bertz CT molecular complexity index is 1040. The molecule has 0 spiro atoms. The van der Waals surface area contributed by atoms with Crippen LogP contribution in [-0.2, 0) is 4.79 Å². The minimum absolute atomic E-state index is 0.0625. The Labute approximate surface area is 154 Å². The summed E-state index contributed by atoms with van der Waals surface area (Å²) in [7, 11) is 0. The summed E-state index contributed by atoms with van der Waals surface area (Å²) >= 11 is 0. The molecule has 27 heavy (non-hydrogen) atoms. The highest BCUT2D eigenvalue weighted by Crippen LogP contribution is 2.33. The standard InChI is InChI=1S/C20H18F2N2O3/c1-20(2,3)19(26)24-16-12-6-4-5-7-15(12)27-17(16)18(25)23-11-8-9-13(21)14(22)10-11/h4-10H,1-3H3,(H,23,25)(H,24,26). The quantitative estimate of drug-likeness (QED) is 0.683. The highest BCUT2D eigenvalue weighted by molar-refractivity contribution is 6.15. The number of hydrogen-bond acceptors (Lipinski definition) is 3. The maximum Gasteiger partial charge on any atom is 0.293 e. The zero-order valence-corrected chi connectivity index (χ0v) is 15.0. The van der Waals surface area contributed by atoms with Crippen LogP contribution >= 0.6 is 0 Å². The van der Waals surface area contributed by atoms with Crippen LogP contribution in [0.1, 0.15) is 31.3 Å². The molecule has 3 aromatic rings. The number of benzene rings is 2. The zero-order valence-electron chi connectivity index (χ0n) is 15.0. The number of para-hydroxylation sites is 1. The second-order valence-corrected chi connectivity index (χ2v) is 7.09. The van der Waals surface area contributed by atoms with Crippen molar-refractivity contribution in [2.24, 2.45) is 5.41 Å². The number of hydrogen-bond donors (Lipinski definition) is 2. The predicted molar refractivity (Wildman–Crippen MR) is 98.6 cm³/mol. The number of amides is 2. The first-order valence-electron chi connectivity index (χ1n) is 8.26. The van der Waals surface area contributed by atoms with Gasteiger partial charge in [-0.25, -0.2) is 8.78 Å². The number of rotatable bonds is 3. The fraction of sp³-hybridized carbons (Fsp3) is 0.200. The van der Waals surface area contributed by atoms with Crippen LogP contribution in [0.2, 0.25) is 0 Å². The molecule has 1 aromatic heterocycles. The smallest absolute Gasteiger partial charge is 0.293 e. The molecule has 1 heterocycles. The summed E-state index contributed by atoms with van der Waals surface area (Å²) in [4.78, 5) is 25.1. The van der Waals surface area contributed by atoms with Gasteiger partial charge in [0, 0.05) is 22.6 Å². The van der Waals surface area contributed by atoms with Crippen molar-refractivity contribution in [1.82, 2.24) is 0 Å². The molecule has 2 aromatic carbocycles. The molecule has 140 valence electrons. The van der Waals surface area contributed by atoms with Crippen LogP contribution in [0.3, 0.4) is 0 Å². The summed E-state index contributed by atoms with van der Waals surface area (Å²) in [5, 5.41) is 5.74. The van der Waals surface area contributed by atoms with Gasteiger partial charge in [0.2, 0.25) is 11.7 Å². The van der Waals surface area contributed by atoms with E-state index in [2.05, 4.69) is 10.6 Å². The van der Waals surface area contributed by atoms with Gasteiger partial charge in [0.1, 0.15) is 11.3 Å². The summed E-state index contributed by atoms with van der Waals surface area (Å²) in [6, 6.07) is 9.86. The maximum atomic E-state index is 13.4. The summed E-state index contributed by atoms with van der Waals surface area (Å²) in [6.07, 6.45) is 0. The van der Waals surface area contributed by atoms with E-state index in [0.717, 1.165) is 12.1 Å². The SMILES string of the molecule is CC(C)(C)C(=O)Nc1c(C(=O)Nc2ccc(F)c(F)c2)oc2ccccc12. The molecular weight excluding hydrogens is 354 g/mol. The van der Waals surface area contributed by atoms with Gasteiger partial charge in [-0.05, 0) is 24.3 Å². The topological polar surface area (TPSA) is 71.3 Å². The van der Waals surface area contributed by atoms with Gasteiger partial charge in [0.25, 0.3) is 5.91 Å². The molecule has 0 unspecified atom stereocenters. The number of carbonyl (C=O) groups excluding carboxylic acids is 2. The predicted octanol–water partition coefficient (Wildman–Crippen LogP) is 4.95. The number of furan rings is 1. The molecule has 2 N–H and O–H groups in total. The maximum absolute atomic E-state index is 13.4. The highest BCUT2D eigenvalue weighted by atomic mass is 19.2. The summed E-state index contributed by atoms with van der Waals surface area (Å²) in [5.74, 6) is -3.22. The molecular formula is C20H18F2N2O3. The monoisotopic (exact) mass is 372 g/mol. The van der Waals surface area contributed by atoms with Crippen LogP contribution in [0, 0.1) is 17.0 Å². The van der Waals surface area contributed by atoms with Gasteiger partial charge in [-0.1, -0.05) is 32.9 Å². The van der Waals surface area contributed by atoms with Gasteiger partial charge in [0.15, 0.2) is 11.6 Å². The fourth-order valence-corrected chi connectivity index (χ4v) is 2.39. The van der Waals surface area contributed by atoms with Gasteiger partial charge < -0.3 is 15.1 Å². The van der Waals surface area contributed by atoms with Crippen molar-refractivity contribution in [1.29, 1.82) is 0 Å². The first-order chi connectivity index (χ1) is 12.7. The number of anilines is 2.